The Morgan fingerprint density at radius 2 is 1.24 bits per heavy atom. The molecule has 7 aromatic carbocycles. The Labute approximate surface area is 318 Å². The molecule has 3 nitrogen and oxygen atoms in total. The second-order valence-electron chi connectivity index (χ2n) is 15.8. The van der Waals surface area contributed by atoms with Gasteiger partial charge >= 0.3 is 0 Å². The highest BCUT2D eigenvalue weighted by Gasteiger charge is 2.47. The fourth-order valence-corrected chi connectivity index (χ4v) is 9.76. The zero-order valence-electron chi connectivity index (χ0n) is 31.2. The Morgan fingerprint density at radius 1 is 0.537 bits per heavy atom. The van der Waals surface area contributed by atoms with Gasteiger partial charge in [-0.25, -0.2) is 10.0 Å². The molecule has 0 saturated carbocycles. The van der Waals surface area contributed by atoms with Crippen molar-refractivity contribution in [1.29, 1.82) is 0 Å². The van der Waals surface area contributed by atoms with Crippen LogP contribution in [0.15, 0.2) is 152 Å². The quantitative estimate of drug-likeness (QED) is 0.171. The summed E-state index contributed by atoms with van der Waals surface area (Å²) in [5.74, 6) is 0. The molecule has 2 aliphatic heterocycles. The SMILES string of the molecule is Bc1ccc(N2c3ccccc3N3c4c(cc5c(c42)C(C)(C)c2ccccc2-5)-c2ccccc2N3c2cc3ccccc3cc2C)c(C2=CCCC=C2)c1. The summed E-state index contributed by atoms with van der Waals surface area (Å²) in [6.45, 7) is 7.11. The van der Waals surface area contributed by atoms with E-state index in [9.17, 15) is 0 Å². The lowest BCUT2D eigenvalue weighted by Crippen LogP contribution is -2.43. The molecule has 4 heteroatoms. The van der Waals surface area contributed by atoms with E-state index in [1.165, 1.54) is 100 Å². The zero-order chi connectivity index (χ0) is 36.3. The lowest BCUT2D eigenvalue weighted by molar-refractivity contribution is 0.660. The van der Waals surface area contributed by atoms with Gasteiger partial charge < -0.3 is 4.90 Å². The van der Waals surface area contributed by atoms with E-state index in [4.69, 9.17) is 0 Å². The van der Waals surface area contributed by atoms with Crippen molar-refractivity contribution in [2.45, 2.75) is 39.0 Å². The summed E-state index contributed by atoms with van der Waals surface area (Å²) in [6, 6.07) is 50.1. The summed E-state index contributed by atoms with van der Waals surface area (Å²) in [6.07, 6.45) is 9.22. The smallest absolute Gasteiger partial charge is 0.139 e. The summed E-state index contributed by atoms with van der Waals surface area (Å²) < 4.78 is 0. The zero-order valence-corrected chi connectivity index (χ0v) is 31.2. The lowest BCUT2D eigenvalue weighted by Gasteiger charge is -2.51. The molecule has 0 radical (unpaired) electrons. The van der Waals surface area contributed by atoms with Gasteiger partial charge in [-0.15, -0.1) is 0 Å². The number of para-hydroxylation sites is 3. The van der Waals surface area contributed by atoms with Gasteiger partial charge in [-0.05, 0) is 106 Å². The molecule has 54 heavy (non-hydrogen) atoms. The molecule has 4 aliphatic rings. The molecular formula is C50H40BN3. The lowest BCUT2D eigenvalue weighted by atomic mass is 9.78. The number of hydrazine groups is 1. The van der Waals surface area contributed by atoms with Crippen LogP contribution in [0.5, 0.6) is 0 Å². The molecule has 0 spiro atoms. The van der Waals surface area contributed by atoms with Crippen molar-refractivity contribution >= 4 is 69.5 Å². The van der Waals surface area contributed by atoms with Gasteiger partial charge in [0.25, 0.3) is 0 Å². The van der Waals surface area contributed by atoms with Crippen molar-refractivity contribution < 1.29 is 0 Å². The van der Waals surface area contributed by atoms with Gasteiger partial charge in [0.1, 0.15) is 7.85 Å². The molecule has 0 aromatic heterocycles. The Hall–Kier alpha value is -6.26. The molecule has 258 valence electrons. The Kier molecular flexibility index (Phi) is 6.59. The molecular weight excluding hydrogens is 653 g/mol. The maximum atomic E-state index is 2.62. The van der Waals surface area contributed by atoms with Crippen molar-refractivity contribution in [2.24, 2.45) is 0 Å². The molecule has 2 aliphatic carbocycles. The van der Waals surface area contributed by atoms with Crippen LogP contribution in [-0.4, -0.2) is 7.85 Å². The minimum atomic E-state index is -0.248. The van der Waals surface area contributed by atoms with E-state index in [-0.39, 0.29) is 5.41 Å². The number of fused-ring (bicyclic) bond motifs is 9. The van der Waals surface area contributed by atoms with E-state index in [1.807, 2.05) is 0 Å². The first-order valence-electron chi connectivity index (χ1n) is 19.3. The molecule has 0 bridgehead atoms. The third kappa shape index (κ3) is 4.25. The van der Waals surface area contributed by atoms with Crippen LogP contribution in [0.2, 0.25) is 0 Å². The molecule has 0 N–H and O–H groups in total. The normalized spacial score (nSPS) is 15.7. The van der Waals surface area contributed by atoms with E-state index >= 15 is 0 Å². The van der Waals surface area contributed by atoms with Gasteiger partial charge in [0, 0.05) is 22.1 Å². The number of hydrogen-bond acceptors (Lipinski definition) is 3. The summed E-state index contributed by atoms with van der Waals surface area (Å²) in [4.78, 5) is 2.62. The van der Waals surface area contributed by atoms with Crippen molar-refractivity contribution in [1.82, 2.24) is 0 Å². The van der Waals surface area contributed by atoms with Crippen molar-refractivity contribution in [3.05, 3.63) is 174 Å². The third-order valence-corrected chi connectivity index (χ3v) is 12.2. The maximum Gasteiger partial charge on any atom is 0.139 e. The highest BCUT2D eigenvalue weighted by molar-refractivity contribution is 6.32. The molecule has 2 heterocycles. The summed E-state index contributed by atoms with van der Waals surface area (Å²) in [7, 11) is 2.22. The van der Waals surface area contributed by atoms with E-state index < -0.39 is 0 Å². The third-order valence-electron chi connectivity index (χ3n) is 12.2. The molecule has 7 aromatic rings. The molecule has 11 rings (SSSR count). The fraction of sp³-hybridized carbons (Fsp3) is 0.120. The van der Waals surface area contributed by atoms with Crippen LogP contribution >= 0.6 is 0 Å². The number of nitrogens with zero attached hydrogens (tertiary/aromatic N) is 3. The maximum absolute atomic E-state index is 2.62. The first-order valence-corrected chi connectivity index (χ1v) is 19.3. The van der Waals surface area contributed by atoms with Crippen LogP contribution in [0.3, 0.4) is 0 Å². The van der Waals surface area contributed by atoms with Crippen molar-refractivity contribution in [2.75, 3.05) is 14.9 Å². The number of aryl methyl sites for hydroxylation is 1. The molecule has 0 saturated heterocycles. The van der Waals surface area contributed by atoms with Gasteiger partial charge in [-0.2, -0.15) is 0 Å². The van der Waals surface area contributed by atoms with Gasteiger partial charge in [0.15, 0.2) is 0 Å². The largest absolute Gasteiger partial charge is 0.305 e. The topological polar surface area (TPSA) is 9.72 Å². The van der Waals surface area contributed by atoms with E-state index in [1.54, 1.807) is 0 Å². The van der Waals surface area contributed by atoms with Crippen LogP contribution in [0, 0.1) is 6.92 Å². The monoisotopic (exact) mass is 693 g/mol. The van der Waals surface area contributed by atoms with Gasteiger partial charge in [0.05, 0.1) is 39.8 Å². The Bertz CT molecular complexity index is 2810. The second-order valence-corrected chi connectivity index (χ2v) is 15.8. The van der Waals surface area contributed by atoms with Gasteiger partial charge in [0.2, 0.25) is 0 Å². The molecule has 0 atom stereocenters. The Balaban J connectivity index is 1.30. The molecule has 0 fully saturated rings. The molecule has 0 unspecified atom stereocenters. The van der Waals surface area contributed by atoms with Crippen LogP contribution in [0.1, 0.15) is 48.9 Å². The predicted molar refractivity (Wildman–Crippen MR) is 232 cm³/mol. The van der Waals surface area contributed by atoms with E-state index in [0.29, 0.717) is 0 Å². The Morgan fingerprint density at radius 3 is 2.04 bits per heavy atom. The standard InChI is InChI=1S/C50H40BN3/c1-31-27-33-17-7-8-18-34(33)28-46(31)53-43-22-12-10-20-37(43)40-30-39-36-19-9-11-21-41(36)50(2,3)47(39)49-48(40)54(53)45-24-14-13-23-44(45)52(49)42-26-25-35(51)29-38(42)32-15-5-4-6-16-32/h5,7-30H,4,6,51H2,1-3H3. The first-order chi connectivity index (χ1) is 26.4. The van der Waals surface area contributed by atoms with Crippen LogP contribution < -0.4 is 20.4 Å². The second kappa shape index (κ2) is 11.4. The number of rotatable bonds is 3. The summed E-state index contributed by atoms with van der Waals surface area (Å²) >= 11 is 0. The minimum absolute atomic E-state index is 0.248. The first kappa shape index (κ1) is 31.3. The van der Waals surface area contributed by atoms with Crippen LogP contribution in [0.4, 0.5) is 39.8 Å². The minimum Gasteiger partial charge on any atom is -0.305 e. The molecule has 0 amide bonds. The fourth-order valence-electron chi connectivity index (χ4n) is 9.76. The van der Waals surface area contributed by atoms with Gasteiger partial charge in [-0.1, -0.05) is 129 Å². The van der Waals surface area contributed by atoms with Crippen molar-refractivity contribution in [3.8, 4) is 22.3 Å². The predicted octanol–water partition coefficient (Wildman–Crippen LogP) is 12.1. The average molecular weight is 694 g/mol. The number of benzene rings is 7. The highest BCUT2D eigenvalue weighted by atomic mass is 15.7. The summed E-state index contributed by atoms with van der Waals surface area (Å²) in [5.41, 5.74) is 21.1. The number of anilines is 7. The van der Waals surface area contributed by atoms with E-state index in [0.717, 1.165) is 18.5 Å². The van der Waals surface area contributed by atoms with Crippen molar-refractivity contribution in [3.63, 3.8) is 0 Å². The van der Waals surface area contributed by atoms with Gasteiger partial charge in [-0.3, -0.25) is 0 Å². The van der Waals surface area contributed by atoms with Crippen LogP contribution in [0.25, 0.3) is 38.6 Å². The highest BCUT2D eigenvalue weighted by Crippen LogP contribution is 2.66. The number of hydrogen-bond donors (Lipinski definition) is 0. The average Bonchev–Trinajstić information content (AvgIpc) is 3.44. The van der Waals surface area contributed by atoms with Crippen LogP contribution in [-0.2, 0) is 5.41 Å². The summed E-state index contributed by atoms with van der Waals surface area (Å²) in [5, 5.41) is 7.54. The van der Waals surface area contributed by atoms with E-state index in [2.05, 4.69) is 195 Å². The number of allylic oxidation sites excluding steroid dienone is 4.